The number of alkyl halides is 3. The van der Waals surface area contributed by atoms with Crippen molar-refractivity contribution in [3.63, 3.8) is 0 Å². The van der Waals surface area contributed by atoms with Crippen LogP contribution in [0.15, 0.2) is 24.4 Å². The standard InChI is InChI=1S/C12H8ClF4N3O2/c1-21-9-5-18-11(13)20-10(9)19-7-3-2-6(14)4-8(7)22-12(15,16)17/h2-5H,1H3,(H,18,19,20). The van der Waals surface area contributed by atoms with Gasteiger partial charge in [-0.15, -0.1) is 13.2 Å². The molecule has 0 aliphatic rings. The summed E-state index contributed by atoms with van der Waals surface area (Å²) in [6, 6.07) is 2.61. The predicted octanol–water partition coefficient (Wildman–Crippen LogP) is 3.92. The van der Waals surface area contributed by atoms with Crippen LogP contribution in [-0.2, 0) is 0 Å². The summed E-state index contributed by atoms with van der Waals surface area (Å²) in [5.74, 6) is -1.52. The molecule has 1 N–H and O–H groups in total. The highest BCUT2D eigenvalue weighted by Gasteiger charge is 2.32. The van der Waals surface area contributed by atoms with Crippen LogP contribution in [0.5, 0.6) is 11.5 Å². The van der Waals surface area contributed by atoms with Crippen LogP contribution >= 0.6 is 11.6 Å². The van der Waals surface area contributed by atoms with E-state index >= 15 is 0 Å². The fourth-order valence-electron chi connectivity index (χ4n) is 1.52. The van der Waals surface area contributed by atoms with Crippen LogP contribution in [0.25, 0.3) is 0 Å². The maximum absolute atomic E-state index is 13.1. The van der Waals surface area contributed by atoms with E-state index in [9.17, 15) is 17.6 Å². The van der Waals surface area contributed by atoms with E-state index < -0.39 is 17.9 Å². The average molecular weight is 338 g/mol. The maximum Gasteiger partial charge on any atom is 0.573 e. The molecule has 1 aromatic heterocycles. The number of methoxy groups -OCH3 is 1. The van der Waals surface area contributed by atoms with Crippen molar-refractivity contribution in [3.8, 4) is 11.5 Å². The van der Waals surface area contributed by atoms with Gasteiger partial charge in [0.1, 0.15) is 5.82 Å². The molecule has 0 saturated heterocycles. The number of nitrogens with zero attached hydrogens (tertiary/aromatic N) is 2. The number of hydrogen-bond donors (Lipinski definition) is 1. The molecule has 2 aromatic rings. The van der Waals surface area contributed by atoms with Gasteiger partial charge in [0, 0.05) is 6.07 Å². The van der Waals surface area contributed by atoms with E-state index in [0.717, 1.165) is 12.1 Å². The van der Waals surface area contributed by atoms with Gasteiger partial charge in [0.25, 0.3) is 0 Å². The zero-order valence-corrected chi connectivity index (χ0v) is 11.7. The SMILES string of the molecule is COc1cnc(Cl)nc1Nc1ccc(F)cc1OC(F)(F)F. The molecule has 0 amide bonds. The molecule has 0 aliphatic heterocycles. The first-order valence-corrected chi connectivity index (χ1v) is 6.05. The van der Waals surface area contributed by atoms with Gasteiger partial charge in [-0.2, -0.15) is 4.98 Å². The number of rotatable bonds is 4. The van der Waals surface area contributed by atoms with E-state index in [1.54, 1.807) is 0 Å². The van der Waals surface area contributed by atoms with Crippen LogP contribution in [0.2, 0.25) is 5.28 Å². The van der Waals surface area contributed by atoms with Crippen molar-refractivity contribution in [2.24, 2.45) is 0 Å². The number of anilines is 2. The van der Waals surface area contributed by atoms with E-state index in [0.29, 0.717) is 6.07 Å². The summed E-state index contributed by atoms with van der Waals surface area (Å²) in [5.41, 5.74) is -0.174. The van der Waals surface area contributed by atoms with Gasteiger partial charge in [0.15, 0.2) is 17.3 Å². The van der Waals surface area contributed by atoms with E-state index in [2.05, 4.69) is 20.0 Å². The second kappa shape index (κ2) is 6.22. The summed E-state index contributed by atoms with van der Waals surface area (Å²) in [5, 5.41) is 2.38. The van der Waals surface area contributed by atoms with Crippen LogP contribution in [0, 0.1) is 5.82 Å². The quantitative estimate of drug-likeness (QED) is 0.677. The van der Waals surface area contributed by atoms with Crippen molar-refractivity contribution in [3.05, 3.63) is 35.5 Å². The second-order valence-corrected chi connectivity index (χ2v) is 4.21. The van der Waals surface area contributed by atoms with Gasteiger partial charge in [-0.1, -0.05) is 0 Å². The Kier molecular flexibility index (Phi) is 4.55. The number of halogens is 5. The third-order valence-electron chi connectivity index (χ3n) is 2.37. The smallest absolute Gasteiger partial charge is 0.491 e. The number of nitrogens with one attached hydrogen (secondary N) is 1. The Balaban J connectivity index is 2.39. The van der Waals surface area contributed by atoms with Crippen LogP contribution in [0.1, 0.15) is 0 Å². The minimum atomic E-state index is -4.97. The fourth-order valence-corrected chi connectivity index (χ4v) is 1.66. The molecule has 0 unspecified atom stereocenters. The van der Waals surface area contributed by atoms with E-state index in [4.69, 9.17) is 16.3 Å². The van der Waals surface area contributed by atoms with Gasteiger partial charge in [-0.25, -0.2) is 9.37 Å². The monoisotopic (exact) mass is 337 g/mol. The molecule has 0 aliphatic carbocycles. The Morgan fingerprint density at radius 3 is 2.59 bits per heavy atom. The molecule has 0 saturated carbocycles. The lowest BCUT2D eigenvalue weighted by molar-refractivity contribution is -0.274. The molecule has 1 heterocycles. The molecule has 0 spiro atoms. The molecule has 0 radical (unpaired) electrons. The average Bonchev–Trinajstić information content (AvgIpc) is 2.40. The van der Waals surface area contributed by atoms with E-state index in [1.807, 2.05) is 0 Å². The molecule has 2 rings (SSSR count). The van der Waals surface area contributed by atoms with E-state index in [1.165, 1.54) is 13.3 Å². The van der Waals surface area contributed by atoms with Crippen molar-refractivity contribution in [2.75, 3.05) is 12.4 Å². The maximum atomic E-state index is 13.1. The fraction of sp³-hybridized carbons (Fsp3) is 0.167. The van der Waals surface area contributed by atoms with Crippen molar-refractivity contribution in [1.82, 2.24) is 9.97 Å². The molecule has 118 valence electrons. The van der Waals surface area contributed by atoms with Crippen molar-refractivity contribution in [1.29, 1.82) is 0 Å². The topological polar surface area (TPSA) is 56.3 Å². The number of hydrogen-bond acceptors (Lipinski definition) is 5. The van der Waals surface area contributed by atoms with E-state index in [-0.39, 0.29) is 22.5 Å². The van der Waals surface area contributed by atoms with Crippen molar-refractivity contribution < 1.29 is 27.0 Å². The molecule has 0 atom stereocenters. The minimum absolute atomic E-state index is 0.00105. The zero-order valence-electron chi connectivity index (χ0n) is 10.9. The van der Waals surface area contributed by atoms with Gasteiger partial charge in [0.2, 0.25) is 5.28 Å². The highest BCUT2D eigenvalue weighted by atomic mass is 35.5. The number of benzene rings is 1. The largest absolute Gasteiger partial charge is 0.573 e. The number of aromatic nitrogens is 2. The molecule has 0 fully saturated rings. The molecule has 1 aromatic carbocycles. The summed E-state index contributed by atoms with van der Waals surface area (Å²) in [6.45, 7) is 0. The summed E-state index contributed by atoms with van der Waals surface area (Å²) in [4.78, 5) is 7.45. The van der Waals surface area contributed by atoms with Crippen molar-refractivity contribution in [2.45, 2.75) is 6.36 Å². The molecular formula is C12H8ClF4N3O2. The lowest BCUT2D eigenvalue weighted by atomic mass is 10.2. The highest BCUT2D eigenvalue weighted by molar-refractivity contribution is 6.28. The Bertz CT molecular complexity index is 682. The van der Waals surface area contributed by atoms with Crippen LogP contribution in [0.3, 0.4) is 0 Å². The summed E-state index contributed by atoms with van der Waals surface area (Å²) >= 11 is 5.62. The van der Waals surface area contributed by atoms with Gasteiger partial charge in [0.05, 0.1) is 19.0 Å². The van der Waals surface area contributed by atoms with Gasteiger partial charge in [-0.05, 0) is 23.7 Å². The summed E-state index contributed by atoms with van der Waals surface area (Å²) in [6.07, 6.45) is -3.75. The Hall–Kier alpha value is -2.29. The first kappa shape index (κ1) is 16.1. The Morgan fingerprint density at radius 1 is 1.23 bits per heavy atom. The second-order valence-electron chi connectivity index (χ2n) is 3.87. The molecule has 10 heteroatoms. The van der Waals surface area contributed by atoms with Gasteiger partial charge >= 0.3 is 6.36 Å². The third kappa shape index (κ3) is 4.10. The van der Waals surface area contributed by atoms with Crippen LogP contribution in [-0.4, -0.2) is 23.4 Å². The normalized spacial score (nSPS) is 11.2. The third-order valence-corrected chi connectivity index (χ3v) is 2.55. The molecule has 0 bridgehead atoms. The minimum Gasteiger partial charge on any atom is -0.491 e. The Morgan fingerprint density at radius 2 is 1.95 bits per heavy atom. The summed E-state index contributed by atoms with van der Waals surface area (Å²) in [7, 11) is 1.32. The highest BCUT2D eigenvalue weighted by Crippen LogP contribution is 2.34. The first-order chi connectivity index (χ1) is 10.3. The van der Waals surface area contributed by atoms with Crippen molar-refractivity contribution >= 4 is 23.1 Å². The molecule has 5 nitrogen and oxygen atoms in total. The first-order valence-electron chi connectivity index (χ1n) is 5.67. The Labute approximate surface area is 126 Å². The molecule has 22 heavy (non-hydrogen) atoms. The zero-order chi connectivity index (χ0) is 16.3. The van der Waals surface area contributed by atoms with Gasteiger partial charge in [-0.3, -0.25) is 0 Å². The van der Waals surface area contributed by atoms with Crippen LogP contribution < -0.4 is 14.8 Å². The number of ether oxygens (including phenoxy) is 2. The predicted molar refractivity (Wildman–Crippen MR) is 70.0 cm³/mol. The molecular weight excluding hydrogens is 330 g/mol. The lowest BCUT2D eigenvalue weighted by Crippen LogP contribution is -2.18. The summed E-state index contributed by atoms with van der Waals surface area (Å²) < 4.78 is 58.9. The lowest BCUT2D eigenvalue weighted by Gasteiger charge is -2.15. The van der Waals surface area contributed by atoms with Crippen LogP contribution in [0.4, 0.5) is 29.1 Å². The van der Waals surface area contributed by atoms with Gasteiger partial charge < -0.3 is 14.8 Å².